The molecule has 1 aromatic carbocycles. The third-order valence-corrected chi connectivity index (χ3v) is 5.50. The summed E-state index contributed by atoms with van der Waals surface area (Å²) in [5, 5.41) is 0. The molecule has 0 spiro atoms. The van der Waals surface area contributed by atoms with E-state index in [1.165, 1.54) is 0 Å². The summed E-state index contributed by atoms with van der Waals surface area (Å²) in [6.45, 7) is 3.68. The fourth-order valence-corrected chi connectivity index (χ4v) is 3.72. The lowest BCUT2D eigenvalue weighted by molar-refractivity contribution is -0.143. The summed E-state index contributed by atoms with van der Waals surface area (Å²) in [5.74, 6) is 0.808. The maximum absolute atomic E-state index is 12.6. The van der Waals surface area contributed by atoms with E-state index in [0.717, 1.165) is 0 Å². The van der Waals surface area contributed by atoms with Gasteiger partial charge in [-0.1, -0.05) is 0 Å². The molecule has 2 saturated heterocycles. The first-order valence-corrected chi connectivity index (χ1v) is 9.90. The molecule has 7 heteroatoms. The Labute approximate surface area is 165 Å². The number of hydrogen-bond acceptors (Lipinski definition) is 5. The number of piperidine rings is 1. The first kappa shape index (κ1) is 20.3. The van der Waals surface area contributed by atoms with Gasteiger partial charge in [0.1, 0.15) is 5.75 Å². The van der Waals surface area contributed by atoms with Gasteiger partial charge >= 0.3 is 0 Å². The van der Waals surface area contributed by atoms with Crippen LogP contribution in [0.4, 0.5) is 0 Å². The number of ketones is 1. The lowest BCUT2D eigenvalue weighted by Crippen LogP contribution is -2.47. The largest absolute Gasteiger partial charge is 0.497 e. The second-order valence-corrected chi connectivity index (χ2v) is 7.24. The molecule has 0 bridgehead atoms. The van der Waals surface area contributed by atoms with E-state index in [-0.39, 0.29) is 36.4 Å². The van der Waals surface area contributed by atoms with Crippen molar-refractivity contribution in [2.45, 2.75) is 25.7 Å². The summed E-state index contributed by atoms with van der Waals surface area (Å²) in [4.78, 5) is 40.9. The molecule has 0 saturated carbocycles. The Morgan fingerprint density at radius 1 is 0.964 bits per heavy atom. The molecule has 0 radical (unpaired) electrons. The molecule has 0 aromatic heterocycles. The van der Waals surface area contributed by atoms with Gasteiger partial charge in [-0.2, -0.15) is 0 Å². The number of likely N-dealkylation sites (tertiary alicyclic amines) is 1. The number of morpholine rings is 1. The van der Waals surface area contributed by atoms with Crippen molar-refractivity contribution >= 4 is 17.6 Å². The smallest absolute Gasteiger partial charge is 0.225 e. The SMILES string of the molecule is COc1ccc(C(=O)CCC(=O)N2CCC(C(=O)N3CCOCC3)CC2)cc1. The zero-order valence-corrected chi connectivity index (χ0v) is 16.4. The van der Waals surface area contributed by atoms with Crippen LogP contribution in [0, 0.1) is 5.92 Å². The average Bonchev–Trinajstić information content (AvgIpc) is 2.77. The summed E-state index contributed by atoms with van der Waals surface area (Å²) in [5.41, 5.74) is 0.586. The Kier molecular flexibility index (Phi) is 7.03. The zero-order valence-electron chi connectivity index (χ0n) is 16.4. The highest BCUT2D eigenvalue weighted by Crippen LogP contribution is 2.21. The molecule has 2 aliphatic heterocycles. The third-order valence-electron chi connectivity index (χ3n) is 5.50. The van der Waals surface area contributed by atoms with Crippen LogP contribution in [0.1, 0.15) is 36.0 Å². The van der Waals surface area contributed by atoms with Crippen LogP contribution < -0.4 is 4.74 Å². The predicted molar refractivity (Wildman–Crippen MR) is 103 cm³/mol. The third kappa shape index (κ3) is 5.10. The van der Waals surface area contributed by atoms with Crippen LogP contribution in [-0.4, -0.2) is 73.9 Å². The summed E-state index contributed by atoms with van der Waals surface area (Å²) < 4.78 is 10.4. The molecule has 0 unspecified atom stereocenters. The first-order valence-electron chi connectivity index (χ1n) is 9.90. The van der Waals surface area contributed by atoms with E-state index in [2.05, 4.69) is 0 Å². The fourth-order valence-electron chi connectivity index (χ4n) is 3.72. The summed E-state index contributed by atoms with van der Waals surface area (Å²) in [6, 6.07) is 6.92. The number of amides is 2. The van der Waals surface area contributed by atoms with Gasteiger partial charge in [-0.3, -0.25) is 14.4 Å². The lowest BCUT2D eigenvalue weighted by Gasteiger charge is -2.35. The number of Topliss-reactive ketones (excluding diaryl/α,β-unsaturated/α-hetero) is 1. The number of methoxy groups -OCH3 is 1. The fraction of sp³-hybridized carbons (Fsp3) is 0.571. The Balaban J connectivity index is 1.42. The molecule has 0 atom stereocenters. The van der Waals surface area contributed by atoms with Crippen molar-refractivity contribution in [1.82, 2.24) is 9.80 Å². The Morgan fingerprint density at radius 3 is 2.21 bits per heavy atom. The predicted octanol–water partition coefficient (Wildman–Crippen LogP) is 1.76. The van der Waals surface area contributed by atoms with Crippen LogP contribution >= 0.6 is 0 Å². The maximum Gasteiger partial charge on any atom is 0.225 e. The normalized spacial score (nSPS) is 18.0. The Morgan fingerprint density at radius 2 is 1.61 bits per heavy atom. The van der Waals surface area contributed by atoms with Crippen LogP contribution in [0.25, 0.3) is 0 Å². The number of rotatable bonds is 6. The van der Waals surface area contributed by atoms with E-state index in [1.807, 2.05) is 4.90 Å². The number of ether oxygens (including phenoxy) is 2. The van der Waals surface area contributed by atoms with E-state index in [0.29, 0.717) is 63.5 Å². The molecular weight excluding hydrogens is 360 g/mol. The summed E-state index contributed by atoms with van der Waals surface area (Å²) in [7, 11) is 1.58. The van der Waals surface area contributed by atoms with Crippen molar-refractivity contribution in [3.8, 4) is 5.75 Å². The van der Waals surface area contributed by atoms with Crippen molar-refractivity contribution in [2.75, 3.05) is 46.5 Å². The minimum Gasteiger partial charge on any atom is -0.497 e. The van der Waals surface area contributed by atoms with E-state index < -0.39 is 0 Å². The van der Waals surface area contributed by atoms with Crippen LogP contribution in [0.2, 0.25) is 0 Å². The molecule has 0 N–H and O–H groups in total. The standard InChI is InChI=1S/C21H28N2O5/c1-27-18-4-2-16(3-5-18)19(24)6-7-20(25)22-10-8-17(9-11-22)21(26)23-12-14-28-15-13-23/h2-5,17H,6-15H2,1H3. The van der Waals surface area contributed by atoms with Gasteiger partial charge in [-0.15, -0.1) is 0 Å². The second kappa shape index (κ2) is 9.68. The lowest BCUT2D eigenvalue weighted by atomic mass is 9.94. The van der Waals surface area contributed by atoms with Crippen molar-refractivity contribution in [3.63, 3.8) is 0 Å². The first-order chi connectivity index (χ1) is 13.6. The van der Waals surface area contributed by atoms with Crippen molar-refractivity contribution in [1.29, 1.82) is 0 Å². The molecule has 2 aliphatic rings. The molecule has 7 nitrogen and oxygen atoms in total. The molecule has 2 fully saturated rings. The molecule has 2 heterocycles. The second-order valence-electron chi connectivity index (χ2n) is 7.24. The quantitative estimate of drug-likeness (QED) is 0.694. The van der Waals surface area contributed by atoms with Gasteiger partial charge in [-0.25, -0.2) is 0 Å². The molecule has 2 amide bonds. The molecule has 28 heavy (non-hydrogen) atoms. The topological polar surface area (TPSA) is 76.2 Å². The number of benzene rings is 1. The molecule has 152 valence electrons. The molecule has 0 aliphatic carbocycles. The number of nitrogens with zero attached hydrogens (tertiary/aromatic N) is 2. The number of hydrogen-bond donors (Lipinski definition) is 0. The molecule has 1 aromatic rings. The van der Waals surface area contributed by atoms with Gasteiger partial charge in [-0.05, 0) is 37.1 Å². The molecule has 3 rings (SSSR count). The van der Waals surface area contributed by atoms with Crippen LogP contribution in [-0.2, 0) is 14.3 Å². The van der Waals surface area contributed by atoms with Crippen LogP contribution in [0.3, 0.4) is 0 Å². The van der Waals surface area contributed by atoms with Crippen molar-refractivity contribution in [3.05, 3.63) is 29.8 Å². The zero-order chi connectivity index (χ0) is 19.9. The maximum atomic E-state index is 12.6. The van der Waals surface area contributed by atoms with E-state index in [4.69, 9.17) is 9.47 Å². The average molecular weight is 388 g/mol. The van der Waals surface area contributed by atoms with Gasteiger partial charge in [0.25, 0.3) is 0 Å². The van der Waals surface area contributed by atoms with Gasteiger partial charge in [0.2, 0.25) is 11.8 Å². The van der Waals surface area contributed by atoms with E-state index in [9.17, 15) is 14.4 Å². The minimum absolute atomic E-state index is 0.0110. The van der Waals surface area contributed by atoms with Gasteiger partial charge < -0.3 is 19.3 Å². The Hall–Kier alpha value is -2.41. The number of carbonyl (C=O) groups excluding carboxylic acids is 3. The summed E-state index contributed by atoms with van der Waals surface area (Å²) >= 11 is 0. The van der Waals surface area contributed by atoms with Crippen LogP contribution in [0.15, 0.2) is 24.3 Å². The number of carbonyl (C=O) groups is 3. The van der Waals surface area contributed by atoms with Crippen LogP contribution in [0.5, 0.6) is 5.75 Å². The van der Waals surface area contributed by atoms with Gasteiger partial charge in [0.15, 0.2) is 5.78 Å². The Bertz CT molecular complexity index is 689. The van der Waals surface area contributed by atoms with Gasteiger partial charge in [0, 0.05) is 50.5 Å². The van der Waals surface area contributed by atoms with Gasteiger partial charge in [0.05, 0.1) is 20.3 Å². The molecular formula is C21H28N2O5. The van der Waals surface area contributed by atoms with E-state index >= 15 is 0 Å². The highest BCUT2D eigenvalue weighted by molar-refractivity contribution is 5.98. The van der Waals surface area contributed by atoms with Crippen molar-refractivity contribution < 1.29 is 23.9 Å². The minimum atomic E-state index is -0.0478. The van der Waals surface area contributed by atoms with Crippen molar-refractivity contribution in [2.24, 2.45) is 5.92 Å². The highest BCUT2D eigenvalue weighted by Gasteiger charge is 2.30. The highest BCUT2D eigenvalue weighted by atomic mass is 16.5. The monoisotopic (exact) mass is 388 g/mol. The van der Waals surface area contributed by atoms with E-state index in [1.54, 1.807) is 36.3 Å². The summed E-state index contributed by atoms with van der Waals surface area (Å²) in [6.07, 6.45) is 1.77.